The lowest BCUT2D eigenvalue weighted by Gasteiger charge is -2.14. The van der Waals surface area contributed by atoms with Crippen LogP contribution in [-0.4, -0.2) is 53.2 Å². The van der Waals surface area contributed by atoms with Crippen LogP contribution in [0, 0.1) is 5.92 Å². The molecule has 1 atom stereocenters. The summed E-state index contributed by atoms with van der Waals surface area (Å²) in [5.41, 5.74) is 0.811. The van der Waals surface area contributed by atoms with Gasteiger partial charge < -0.3 is 20.1 Å². The first-order chi connectivity index (χ1) is 11.5. The van der Waals surface area contributed by atoms with E-state index in [1.54, 1.807) is 14.2 Å². The number of methoxy groups -OCH3 is 2. The number of ether oxygens (including phenoxy) is 2. The number of rotatable bonds is 6. The van der Waals surface area contributed by atoms with E-state index in [4.69, 9.17) is 9.47 Å². The molecule has 1 aliphatic heterocycles. The van der Waals surface area contributed by atoms with Gasteiger partial charge in [0.25, 0.3) is 0 Å². The van der Waals surface area contributed by atoms with Crippen molar-refractivity contribution in [3.8, 4) is 11.5 Å². The van der Waals surface area contributed by atoms with Crippen LogP contribution in [0.1, 0.15) is 13.3 Å². The first-order valence-electron chi connectivity index (χ1n) is 7.95. The topological polar surface area (TPSA) is 89.0 Å². The molecule has 1 fully saturated rings. The summed E-state index contributed by atoms with van der Waals surface area (Å²) in [5.74, 6) is 2.49. The highest BCUT2D eigenvalue weighted by molar-refractivity contribution is 14.0. The van der Waals surface area contributed by atoms with E-state index in [0.29, 0.717) is 37.0 Å². The van der Waals surface area contributed by atoms with Crippen LogP contribution in [-0.2, 0) is 9.84 Å². The van der Waals surface area contributed by atoms with E-state index >= 15 is 0 Å². The number of nitrogens with one attached hydrogen (secondary N) is 2. The number of aliphatic imine (C=N–C) groups is 1. The molecule has 2 N–H and O–H groups in total. The van der Waals surface area contributed by atoms with Gasteiger partial charge in [-0.25, -0.2) is 8.42 Å². The second kappa shape index (κ2) is 10.0. The molecule has 1 aromatic carbocycles. The third-order valence-electron chi connectivity index (χ3n) is 3.82. The molecule has 1 aliphatic rings. The third kappa shape index (κ3) is 6.53. The fraction of sp³-hybridized carbons (Fsp3) is 0.562. The lowest BCUT2D eigenvalue weighted by molar-refractivity contribution is 0.355. The Bertz CT molecular complexity index is 695. The van der Waals surface area contributed by atoms with E-state index in [0.717, 1.165) is 5.69 Å². The number of hydrogen-bond acceptors (Lipinski definition) is 5. The molecule has 0 saturated carbocycles. The molecule has 9 heteroatoms. The predicted molar refractivity (Wildman–Crippen MR) is 111 cm³/mol. The highest BCUT2D eigenvalue weighted by Gasteiger charge is 2.27. The summed E-state index contributed by atoms with van der Waals surface area (Å²) in [6.07, 6.45) is 0.682. The van der Waals surface area contributed by atoms with Crippen LogP contribution in [0.3, 0.4) is 0 Å². The Morgan fingerprint density at radius 1 is 1.28 bits per heavy atom. The van der Waals surface area contributed by atoms with E-state index in [-0.39, 0.29) is 41.4 Å². The van der Waals surface area contributed by atoms with E-state index < -0.39 is 9.84 Å². The van der Waals surface area contributed by atoms with Crippen molar-refractivity contribution < 1.29 is 17.9 Å². The van der Waals surface area contributed by atoms with Crippen LogP contribution in [0.15, 0.2) is 23.2 Å². The Kier molecular flexibility index (Phi) is 8.77. The van der Waals surface area contributed by atoms with Gasteiger partial charge in [-0.15, -0.1) is 24.0 Å². The molecule has 1 aromatic rings. The molecular formula is C16H26IN3O4S. The van der Waals surface area contributed by atoms with Crippen LogP contribution < -0.4 is 20.1 Å². The lowest BCUT2D eigenvalue weighted by Crippen LogP contribution is -2.31. The summed E-state index contributed by atoms with van der Waals surface area (Å²) in [5, 5.41) is 6.36. The van der Waals surface area contributed by atoms with Gasteiger partial charge >= 0.3 is 0 Å². The monoisotopic (exact) mass is 483 g/mol. The van der Waals surface area contributed by atoms with Gasteiger partial charge in [0.2, 0.25) is 0 Å². The Morgan fingerprint density at radius 2 is 2.00 bits per heavy atom. The summed E-state index contributed by atoms with van der Waals surface area (Å²) in [6, 6.07) is 5.51. The number of halogens is 1. The molecule has 142 valence electrons. The third-order valence-corrected chi connectivity index (χ3v) is 5.66. The van der Waals surface area contributed by atoms with Gasteiger partial charge in [0.05, 0.1) is 25.7 Å². The predicted octanol–water partition coefficient (Wildman–Crippen LogP) is 2.13. The maximum absolute atomic E-state index is 11.5. The maximum Gasteiger partial charge on any atom is 0.195 e. The van der Waals surface area contributed by atoms with Crippen molar-refractivity contribution in [1.29, 1.82) is 0 Å². The lowest BCUT2D eigenvalue weighted by atomic mass is 10.1. The van der Waals surface area contributed by atoms with Crippen LogP contribution >= 0.6 is 24.0 Å². The van der Waals surface area contributed by atoms with Gasteiger partial charge in [-0.3, -0.25) is 4.99 Å². The van der Waals surface area contributed by atoms with Crippen molar-refractivity contribution in [3.63, 3.8) is 0 Å². The Labute approximate surface area is 166 Å². The molecule has 0 bridgehead atoms. The first kappa shape index (κ1) is 21.8. The summed E-state index contributed by atoms with van der Waals surface area (Å²) < 4.78 is 33.6. The van der Waals surface area contributed by atoms with Gasteiger partial charge in [0.15, 0.2) is 27.3 Å². The molecule has 0 aliphatic carbocycles. The molecule has 0 amide bonds. The zero-order valence-corrected chi connectivity index (χ0v) is 17.9. The van der Waals surface area contributed by atoms with Crippen LogP contribution in [0.2, 0.25) is 0 Å². The van der Waals surface area contributed by atoms with Gasteiger partial charge in [-0.1, -0.05) is 0 Å². The number of guanidine groups is 1. The van der Waals surface area contributed by atoms with Crippen molar-refractivity contribution in [2.24, 2.45) is 10.9 Å². The van der Waals surface area contributed by atoms with Crippen molar-refractivity contribution in [2.75, 3.05) is 44.1 Å². The quantitative estimate of drug-likeness (QED) is 0.366. The minimum Gasteiger partial charge on any atom is -0.493 e. The minimum atomic E-state index is -2.87. The van der Waals surface area contributed by atoms with Crippen LogP contribution in [0.5, 0.6) is 11.5 Å². The van der Waals surface area contributed by atoms with Crippen molar-refractivity contribution in [1.82, 2.24) is 5.32 Å². The number of nitrogens with zero attached hydrogens (tertiary/aromatic N) is 1. The molecule has 1 unspecified atom stereocenters. The SMILES string of the molecule is CCNC(=NCC1CCS(=O)(=O)C1)Nc1ccc(OC)c(OC)c1.I. The number of anilines is 1. The zero-order chi connectivity index (χ0) is 17.6. The maximum atomic E-state index is 11.5. The molecular weight excluding hydrogens is 457 g/mol. The van der Waals surface area contributed by atoms with Gasteiger partial charge in [-0.2, -0.15) is 0 Å². The molecule has 0 radical (unpaired) electrons. The summed E-state index contributed by atoms with van der Waals surface area (Å²) in [7, 11) is 0.302. The van der Waals surface area contributed by atoms with E-state index in [1.807, 2.05) is 25.1 Å². The molecule has 0 aromatic heterocycles. The molecule has 25 heavy (non-hydrogen) atoms. The largest absolute Gasteiger partial charge is 0.493 e. The van der Waals surface area contributed by atoms with Crippen molar-refractivity contribution >= 4 is 45.5 Å². The Balaban J connectivity index is 0.00000312. The van der Waals surface area contributed by atoms with Gasteiger partial charge in [0.1, 0.15) is 0 Å². The summed E-state index contributed by atoms with van der Waals surface area (Å²) >= 11 is 0. The van der Waals surface area contributed by atoms with Gasteiger partial charge in [-0.05, 0) is 31.4 Å². The molecule has 1 heterocycles. The minimum absolute atomic E-state index is 0. The molecule has 7 nitrogen and oxygen atoms in total. The second-order valence-electron chi connectivity index (χ2n) is 5.68. The normalized spacial score (nSPS) is 19.0. The van der Waals surface area contributed by atoms with E-state index in [9.17, 15) is 8.42 Å². The Hall–Kier alpha value is -1.23. The number of sulfone groups is 1. The highest BCUT2D eigenvalue weighted by atomic mass is 127. The molecule has 2 rings (SSSR count). The Morgan fingerprint density at radius 3 is 2.56 bits per heavy atom. The fourth-order valence-electron chi connectivity index (χ4n) is 2.59. The summed E-state index contributed by atoms with van der Waals surface area (Å²) in [4.78, 5) is 4.51. The fourth-order valence-corrected chi connectivity index (χ4v) is 4.44. The highest BCUT2D eigenvalue weighted by Crippen LogP contribution is 2.29. The second-order valence-corrected chi connectivity index (χ2v) is 7.91. The smallest absolute Gasteiger partial charge is 0.195 e. The zero-order valence-electron chi connectivity index (χ0n) is 14.7. The average molecular weight is 483 g/mol. The van der Waals surface area contributed by atoms with Gasteiger partial charge in [0, 0.05) is 24.8 Å². The first-order valence-corrected chi connectivity index (χ1v) is 9.77. The molecule has 0 spiro atoms. The van der Waals surface area contributed by atoms with E-state index in [2.05, 4.69) is 15.6 Å². The van der Waals surface area contributed by atoms with E-state index in [1.165, 1.54) is 0 Å². The van der Waals surface area contributed by atoms with Crippen LogP contribution in [0.25, 0.3) is 0 Å². The summed E-state index contributed by atoms with van der Waals surface area (Å²) in [6.45, 7) is 3.18. The standard InChI is InChI=1S/C16H25N3O4S.HI/c1-4-17-16(18-10-12-7-8-24(20,21)11-12)19-13-5-6-14(22-2)15(9-13)23-3;/h5-6,9,12H,4,7-8,10-11H2,1-3H3,(H2,17,18,19);1H. The molecule has 1 saturated heterocycles. The van der Waals surface area contributed by atoms with Crippen molar-refractivity contribution in [3.05, 3.63) is 18.2 Å². The van der Waals surface area contributed by atoms with Crippen LogP contribution in [0.4, 0.5) is 5.69 Å². The number of benzene rings is 1. The number of hydrogen-bond donors (Lipinski definition) is 2. The average Bonchev–Trinajstić information content (AvgIpc) is 2.91. The van der Waals surface area contributed by atoms with Crippen molar-refractivity contribution in [2.45, 2.75) is 13.3 Å².